The van der Waals surface area contributed by atoms with Gasteiger partial charge in [-0.3, -0.25) is 4.99 Å². The minimum absolute atomic E-state index is 0.311. The normalized spacial score (nSPS) is 12.8. The van der Waals surface area contributed by atoms with Gasteiger partial charge < -0.3 is 24.8 Å². The Kier molecular flexibility index (Phi) is 8.66. The van der Waals surface area contributed by atoms with Crippen molar-refractivity contribution in [2.24, 2.45) is 4.99 Å². The molecule has 2 aromatic carbocycles. The molecule has 6 nitrogen and oxygen atoms in total. The molecule has 6 heteroatoms. The molecule has 1 aliphatic heterocycles. The molecular weight excluding hydrogens is 366 g/mol. The lowest BCUT2D eigenvalue weighted by Gasteiger charge is -2.12. The fourth-order valence-electron chi connectivity index (χ4n) is 3.11. The van der Waals surface area contributed by atoms with E-state index >= 15 is 0 Å². The second kappa shape index (κ2) is 12.0. The van der Waals surface area contributed by atoms with E-state index in [1.165, 1.54) is 11.1 Å². The number of guanidine groups is 1. The van der Waals surface area contributed by atoms with Crippen LogP contribution >= 0.6 is 0 Å². The number of hydrogen-bond acceptors (Lipinski definition) is 4. The number of nitrogens with zero attached hydrogens (tertiary/aromatic N) is 1. The highest BCUT2D eigenvalue weighted by Crippen LogP contribution is 2.32. The highest BCUT2D eigenvalue weighted by atomic mass is 16.7. The zero-order chi connectivity index (χ0) is 20.2. The molecule has 156 valence electrons. The fourth-order valence-corrected chi connectivity index (χ4v) is 3.11. The van der Waals surface area contributed by atoms with Gasteiger partial charge in [-0.15, -0.1) is 0 Å². The Labute approximate surface area is 173 Å². The van der Waals surface area contributed by atoms with E-state index in [0.29, 0.717) is 6.79 Å². The van der Waals surface area contributed by atoms with Crippen molar-refractivity contribution in [3.8, 4) is 11.5 Å². The van der Waals surface area contributed by atoms with Crippen molar-refractivity contribution < 1.29 is 14.2 Å². The van der Waals surface area contributed by atoms with Gasteiger partial charge in [-0.25, -0.2) is 0 Å². The van der Waals surface area contributed by atoms with Gasteiger partial charge >= 0.3 is 0 Å². The summed E-state index contributed by atoms with van der Waals surface area (Å²) in [5, 5.41) is 6.70. The van der Waals surface area contributed by atoms with Gasteiger partial charge in [0, 0.05) is 26.7 Å². The molecule has 0 aromatic heterocycles. The third kappa shape index (κ3) is 7.31. The van der Waals surface area contributed by atoms with E-state index in [0.717, 1.165) is 69.4 Å². The molecule has 3 rings (SSSR count). The van der Waals surface area contributed by atoms with Gasteiger partial charge in [0.25, 0.3) is 0 Å². The van der Waals surface area contributed by atoms with Gasteiger partial charge in [0.1, 0.15) is 0 Å². The molecule has 1 heterocycles. The average Bonchev–Trinajstić information content (AvgIpc) is 3.23. The van der Waals surface area contributed by atoms with Crippen LogP contribution in [0.1, 0.15) is 24.0 Å². The summed E-state index contributed by atoms with van der Waals surface area (Å²) >= 11 is 0. The standard InChI is InChI=1S/C23H31N3O3/c1-24-23(26-14-11-20-9-10-21-22(17-20)29-18-28-21)25-13-5-6-15-27-16-12-19-7-3-2-4-8-19/h2-4,7-10,17H,5-6,11-16,18H2,1H3,(H2,24,25,26). The Bertz CT molecular complexity index is 765. The van der Waals surface area contributed by atoms with Crippen LogP contribution in [0.4, 0.5) is 0 Å². The van der Waals surface area contributed by atoms with Crippen molar-refractivity contribution in [3.63, 3.8) is 0 Å². The maximum Gasteiger partial charge on any atom is 0.231 e. The Morgan fingerprint density at radius 1 is 0.897 bits per heavy atom. The topological polar surface area (TPSA) is 64.1 Å². The van der Waals surface area contributed by atoms with Crippen LogP contribution < -0.4 is 20.1 Å². The van der Waals surface area contributed by atoms with Crippen molar-refractivity contribution in [1.82, 2.24) is 10.6 Å². The Morgan fingerprint density at radius 3 is 2.59 bits per heavy atom. The second-order valence-corrected chi connectivity index (χ2v) is 6.92. The number of hydrogen-bond donors (Lipinski definition) is 2. The lowest BCUT2D eigenvalue weighted by atomic mass is 10.1. The monoisotopic (exact) mass is 397 g/mol. The average molecular weight is 398 g/mol. The van der Waals surface area contributed by atoms with Crippen molar-refractivity contribution in [3.05, 3.63) is 59.7 Å². The quantitative estimate of drug-likeness (QED) is 0.346. The van der Waals surface area contributed by atoms with E-state index < -0.39 is 0 Å². The van der Waals surface area contributed by atoms with Gasteiger partial charge in [0.05, 0.1) is 6.61 Å². The van der Waals surface area contributed by atoms with Gasteiger partial charge in [0.2, 0.25) is 6.79 Å². The molecule has 29 heavy (non-hydrogen) atoms. The Hall–Kier alpha value is -2.73. The summed E-state index contributed by atoms with van der Waals surface area (Å²) in [5.41, 5.74) is 2.54. The summed E-state index contributed by atoms with van der Waals surface area (Å²) in [4.78, 5) is 4.28. The molecule has 0 aliphatic carbocycles. The molecule has 0 unspecified atom stereocenters. The largest absolute Gasteiger partial charge is 0.454 e. The van der Waals surface area contributed by atoms with Crippen LogP contribution in [0.25, 0.3) is 0 Å². The van der Waals surface area contributed by atoms with Crippen molar-refractivity contribution in [2.45, 2.75) is 25.7 Å². The molecule has 0 amide bonds. The maximum absolute atomic E-state index is 5.72. The van der Waals surface area contributed by atoms with Crippen LogP contribution in [0.5, 0.6) is 11.5 Å². The second-order valence-electron chi connectivity index (χ2n) is 6.92. The minimum Gasteiger partial charge on any atom is -0.454 e. The maximum atomic E-state index is 5.72. The van der Waals surface area contributed by atoms with Crippen LogP contribution in [0.15, 0.2) is 53.5 Å². The van der Waals surface area contributed by atoms with E-state index in [9.17, 15) is 0 Å². The summed E-state index contributed by atoms with van der Waals surface area (Å²) in [7, 11) is 1.79. The summed E-state index contributed by atoms with van der Waals surface area (Å²) in [6.45, 7) is 3.57. The van der Waals surface area contributed by atoms with Gasteiger partial charge in [0.15, 0.2) is 17.5 Å². The van der Waals surface area contributed by atoms with Crippen LogP contribution in [0, 0.1) is 0 Å². The molecule has 2 N–H and O–H groups in total. The number of aliphatic imine (C=N–C) groups is 1. The summed E-state index contributed by atoms with van der Waals surface area (Å²) in [6, 6.07) is 16.5. The predicted molar refractivity (Wildman–Crippen MR) is 116 cm³/mol. The van der Waals surface area contributed by atoms with E-state index in [4.69, 9.17) is 14.2 Å². The SMILES string of the molecule is CN=C(NCCCCOCCc1ccccc1)NCCc1ccc2c(c1)OCO2. The molecular formula is C23H31N3O3. The molecule has 0 bridgehead atoms. The number of nitrogens with one attached hydrogen (secondary N) is 2. The number of fused-ring (bicyclic) bond motifs is 1. The minimum atomic E-state index is 0.311. The van der Waals surface area contributed by atoms with Crippen LogP contribution in [0.3, 0.4) is 0 Å². The van der Waals surface area contributed by atoms with E-state index in [-0.39, 0.29) is 0 Å². The van der Waals surface area contributed by atoms with Crippen LogP contribution in [-0.2, 0) is 17.6 Å². The zero-order valence-corrected chi connectivity index (χ0v) is 17.2. The molecule has 2 aromatic rings. The predicted octanol–water partition coefficient (Wildman–Crippen LogP) is 3.16. The first kappa shape index (κ1) is 21.0. The van der Waals surface area contributed by atoms with Gasteiger partial charge in [-0.1, -0.05) is 36.4 Å². The molecule has 0 saturated heterocycles. The van der Waals surface area contributed by atoms with Crippen molar-refractivity contribution >= 4 is 5.96 Å². The van der Waals surface area contributed by atoms with E-state index in [2.05, 4.69) is 46.0 Å². The first-order chi connectivity index (χ1) is 14.3. The number of rotatable bonds is 11. The third-order valence-corrected chi connectivity index (χ3v) is 4.75. The number of benzene rings is 2. The number of ether oxygens (including phenoxy) is 3. The molecule has 0 atom stereocenters. The molecule has 0 saturated carbocycles. The molecule has 1 aliphatic rings. The summed E-state index contributed by atoms with van der Waals surface area (Å²) in [6.07, 6.45) is 3.95. The van der Waals surface area contributed by atoms with Crippen molar-refractivity contribution in [1.29, 1.82) is 0 Å². The van der Waals surface area contributed by atoms with E-state index in [1.54, 1.807) is 7.05 Å². The van der Waals surface area contributed by atoms with Crippen LogP contribution in [-0.4, -0.2) is 46.1 Å². The zero-order valence-electron chi connectivity index (χ0n) is 17.2. The Balaban J connectivity index is 1.20. The molecule has 0 fully saturated rings. The van der Waals surface area contributed by atoms with Crippen molar-refractivity contribution in [2.75, 3.05) is 40.1 Å². The highest BCUT2D eigenvalue weighted by molar-refractivity contribution is 5.79. The third-order valence-electron chi connectivity index (χ3n) is 4.75. The van der Waals surface area contributed by atoms with Gasteiger partial charge in [-0.05, 0) is 48.9 Å². The summed E-state index contributed by atoms with van der Waals surface area (Å²) < 4.78 is 16.5. The highest BCUT2D eigenvalue weighted by Gasteiger charge is 2.12. The smallest absolute Gasteiger partial charge is 0.231 e. The first-order valence-electron chi connectivity index (χ1n) is 10.3. The molecule has 0 radical (unpaired) electrons. The summed E-state index contributed by atoms with van der Waals surface area (Å²) in [5.74, 6) is 2.48. The van der Waals surface area contributed by atoms with Gasteiger partial charge in [-0.2, -0.15) is 0 Å². The van der Waals surface area contributed by atoms with E-state index in [1.807, 2.05) is 18.2 Å². The Morgan fingerprint density at radius 2 is 1.72 bits per heavy atom. The lowest BCUT2D eigenvalue weighted by molar-refractivity contribution is 0.133. The number of unbranched alkanes of at least 4 members (excludes halogenated alkanes) is 1. The first-order valence-corrected chi connectivity index (χ1v) is 10.3. The molecule has 0 spiro atoms. The van der Waals surface area contributed by atoms with Crippen LogP contribution in [0.2, 0.25) is 0 Å². The lowest BCUT2D eigenvalue weighted by Crippen LogP contribution is -2.38. The fraction of sp³-hybridized carbons (Fsp3) is 0.435.